The van der Waals surface area contributed by atoms with Gasteiger partial charge >= 0.3 is 5.69 Å². The zero-order valence-electron chi connectivity index (χ0n) is 12.8. The molecule has 0 saturated heterocycles. The Balaban J connectivity index is 1.96. The zero-order chi connectivity index (χ0) is 19.3. The van der Waals surface area contributed by atoms with Crippen LogP contribution in [0.4, 0.5) is 5.69 Å². The van der Waals surface area contributed by atoms with Gasteiger partial charge in [-0.05, 0) is 40.2 Å². The number of nitrogens with zero attached hydrogens (tertiary/aromatic N) is 2. The van der Waals surface area contributed by atoms with Crippen molar-refractivity contribution in [2.24, 2.45) is 5.10 Å². The molecule has 26 heavy (non-hydrogen) atoms. The maximum atomic E-state index is 11.7. The molecule has 2 aromatic carbocycles. The minimum Gasteiger partial charge on any atom is -0.507 e. The molecule has 2 N–H and O–H groups in total. The quantitative estimate of drug-likeness (QED) is 0.348. The number of hydrogen-bond acceptors (Lipinski definition) is 6. The Bertz CT molecular complexity index is 892. The third-order valence-corrected chi connectivity index (χ3v) is 4.49. The van der Waals surface area contributed by atoms with Crippen LogP contribution >= 0.6 is 43.5 Å². The van der Waals surface area contributed by atoms with Crippen LogP contribution < -0.4 is 10.2 Å². The molecule has 0 saturated carbocycles. The summed E-state index contributed by atoms with van der Waals surface area (Å²) in [7, 11) is 0. The van der Waals surface area contributed by atoms with Gasteiger partial charge in [-0.15, -0.1) is 0 Å². The molecule has 0 bridgehead atoms. The summed E-state index contributed by atoms with van der Waals surface area (Å²) in [4.78, 5) is 22.0. The van der Waals surface area contributed by atoms with Crippen molar-refractivity contribution in [3.05, 3.63) is 60.0 Å². The number of benzene rings is 2. The molecular formula is C15H10Br2ClN3O5. The SMILES string of the molecule is O=C(COc1ccc(Cl)cc1[N+](=O)[O-])NN=Cc1cc(O)c(Br)cc1Br. The third kappa shape index (κ3) is 5.41. The number of aromatic hydroxyl groups is 1. The van der Waals surface area contributed by atoms with Crippen LogP contribution in [-0.2, 0) is 4.79 Å². The largest absolute Gasteiger partial charge is 0.507 e. The number of rotatable bonds is 6. The molecule has 0 unspecified atom stereocenters. The highest BCUT2D eigenvalue weighted by atomic mass is 79.9. The number of nitro benzene ring substituents is 1. The molecule has 0 radical (unpaired) electrons. The Morgan fingerprint density at radius 2 is 2.08 bits per heavy atom. The number of nitro groups is 1. The van der Waals surface area contributed by atoms with Crippen LogP contribution in [0.5, 0.6) is 11.5 Å². The summed E-state index contributed by atoms with van der Waals surface area (Å²) in [6, 6.07) is 6.92. The van der Waals surface area contributed by atoms with Crippen molar-refractivity contribution >= 4 is 61.3 Å². The van der Waals surface area contributed by atoms with Crippen LogP contribution in [0.25, 0.3) is 0 Å². The minimum absolute atomic E-state index is 0.0133. The van der Waals surface area contributed by atoms with Crippen molar-refractivity contribution in [1.29, 1.82) is 0 Å². The molecule has 0 spiro atoms. The summed E-state index contributed by atoms with van der Waals surface area (Å²) in [5, 5.41) is 24.5. The highest BCUT2D eigenvalue weighted by Crippen LogP contribution is 2.30. The summed E-state index contributed by atoms with van der Waals surface area (Å²) in [6.45, 7) is -0.480. The van der Waals surface area contributed by atoms with Gasteiger partial charge in [-0.3, -0.25) is 14.9 Å². The topological polar surface area (TPSA) is 114 Å². The number of hydrogen-bond donors (Lipinski definition) is 2. The normalized spacial score (nSPS) is 10.7. The second-order valence-corrected chi connectivity index (χ2v) is 6.92. The molecule has 8 nitrogen and oxygen atoms in total. The van der Waals surface area contributed by atoms with E-state index in [0.717, 1.165) is 6.07 Å². The van der Waals surface area contributed by atoms with Crippen LogP contribution in [0.15, 0.2) is 44.4 Å². The lowest BCUT2D eigenvalue weighted by Gasteiger charge is -2.06. The van der Waals surface area contributed by atoms with Gasteiger partial charge in [0, 0.05) is 21.1 Å². The van der Waals surface area contributed by atoms with E-state index in [-0.39, 0.29) is 22.2 Å². The summed E-state index contributed by atoms with van der Waals surface area (Å²) < 4.78 is 6.28. The monoisotopic (exact) mass is 505 g/mol. The van der Waals surface area contributed by atoms with Gasteiger partial charge in [-0.2, -0.15) is 5.10 Å². The summed E-state index contributed by atoms with van der Waals surface area (Å²) in [5.41, 5.74) is 2.40. The zero-order valence-corrected chi connectivity index (χ0v) is 16.7. The number of carbonyl (C=O) groups is 1. The highest BCUT2D eigenvalue weighted by molar-refractivity contribution is 9.11. The van der Waals surface area contributed by atoms with E-state index in [2.05, 4.69) is 42.4 Å². The Morgan fingerprint density at radius 3 is 2.77 bits per heavy atom. The number of ether oxygens (including phenoxy) is 1. The molecule has 136 valence electrons. The number of carbonyl (C=O) groups excluding carboxylic acids is 1. The fourth-order valence-electron chi connectivity index (χ4n) is 1.76. The molecule has 1 amide bonds. The van der Waals surface area contributed by atoms with Gasteiger partial charge in [0.05, 0.1) is 15.6 Å². The molecule has 2 aromatic rings. The van der Waals surface area contributed by atoms with Gasteiger partial charge in [-0.25, -0.2) is 5.43 Å². The van der Waals surface area contributed by atoms with Crippen molar-refractivity contribution < 1.29 is 19.6 Å². The molecule has 0 atom stereocenters. The molecule has 0 aliphatic heterocycles. The average molecular weight is 508 g/mol. The molecule has 0 heterocycles. The summed E-state index contributed by atoms with van der Waals surface area (Å²) >= 11 is 12.2. The van der Waals surface area contributed by atoms with E-state index >= 15 is 0 Å². The number of hydrazone groups is 1. The van der Waals surface area contributed by atoms with E-state index in [1.165, 1.54) is 24.4 Å². The molecule has 11 heteroatoms. The maximum absolute atomic E-state index is 11.7. The van der Waals surface area contributed by atoms with Crippen LogP contribution in [0.2, 0.25) is 5.02 Å². The van der Waals surface area contributed by atoms with Gasteiger partial charge in [-0.1, -0.05) is 27.5 Å². The smallest absolute Gasteiger partial charge is 0.312 e. The number of phenolic OH excluding ortho intramolecular Hbond substituents is 1. The van der Waals surface area contributed by atoms with Gasteiger partial charge < -0.3 is 9.84 Å². The average Bonchev–Trinajstić information content (AvgIpc) is 2.58. The maximum Gasteiger partial charge on any atom is 0.312 e. The first-order chi connectivity index (χ1) is 12.3. The van der Waals surface area contributed by atoms with Gasteiger partial charge in [0.25, 0.3) is 5.91 Å². The van der Waals surface area contributed by atoms with Gasteiger partial charge in [0.2, 0.25) is 0 Å². The Morgan fingerprint density at radius 1 is 1.35 bits per heavy atom. The lowest BCUT2D eigenvalue weighted by molar-refractivity contribution is -0.385. The number of halogens is 3. The van der Waals surface area contributed by atoms with E-state index in [9.17, 15) is 20.0 Å². The molecule has 0 aliphatic rings. The number of amides is 1. The molecular weight excluding hydrogens is 497 g/mol. The van der Waals surface area contributed by atoms with Gasteiger partial charge in [0.15, 0.2) is 12.4 Å². The van der Waals surface area contributed by atoms with Crippen LogP contribution in [0.3, 0.4) is 0 Å². The molecule has 2 rings (SSSR count). The highest BCUT2D eigenvalue weighted by Gasteiger charge is 2.16. The second kappa shape index (κ2) is 8.97. The van der Waals surface area contributed by atoms with Crippen LogP contribution in [0.1, 0.15) is 5.56 Å². The lowest BCUT2D eigenvalue weighted by atomic mass is 10.2. The van der Waals surface area contributed by atoms with Crippen molar-refractivity contribution in [3.8, 4) is 11.5 Å². The van der Waals surface area contributed by atoms with Crippen LogP contribution in [0, 0.1) is 10.1 Å². The van der Waals surface area contributed by atoms with Crippen molar-refractivity contribution in [3.63, 3.8) is 0 Å². The first kappa shape index (κ1) is 20.1. The third-order valence-electron chi connectivity index (χ3n) is 2.94. The standard InChI is InChI=1S/C15H10Br2ClN3O5/c16-10-5-11(17)13(22)3-8(10)6-19-20-15(23)7-26-14-2-1-9(18)4-12(14)21(24)25/h1-6,22H,7H2,(H,20,23). The van der Waals surface area contributed by atoms with E-state index in [4.69, 9.17) is 16.3 Å². The Labute approximate surface area is 169 Å². The summed E-state index contributed by atoms with van der Waals surface area (Å²) in [5.74, 6) is -0.693. The van der Waals surface area contributed by atoms with E-state index < -0.39 is 17.4 Å². The van der Waals surface area contributed by atoms with Gasteiger partial charge in [0.1, 0.15) is 5.75 Å². The Kier molecular flexibility index (Phi) is 6.95. The molecule has 0 aliphatic carbocycles. The van der Waals surface area contributed by atoms with Crippen molar-refractivity contribution in [1.82, 2.24) is 5.43 Å². The predicted molar refractivity (Wildman–Crippen MR) is 103 cm³/mol. The Hall–Kier alpha value is -2.17. The summed E-state index contributed by atoms with van der Waals surface area (Å²) in [6.07, 6.45) is 1.32. The first-order valence-corrected chi connectivity index (χ1v) is 8.81. The number of phenols is 1. The minimum atomic E-state index is -0.658. The number of nitrogens with one attached hydrogen (secondary N) is 1. The predicted octanol–water partition coefficient (Wildman–Crippen LogP) is 4.01. The van der Waals surface area contributed by atoms with E-state index in [1.807, 2.05) is 0 Å². The van der Waals surface area contributed by atoms with E-state index in [1.54, 1.807) is 6.07 Å². The fourth-order valence-corrected chi connectivity index (χ4v) is 3.02. The molecule has 0 aromatic heterocycles. The lowest BCUT2D eigenvalue weighted by Crippen LogP contribution is -2.24. The van der Waals surface area contributed by atoms with Crippen LogP contribution in [-0.4, -0.2) is 28.8 Å². The fraction of sp³-hybridized carbons (Fsp3) is 0.0667. The molecule has 0 fully saturated rings. The van der Waals surface area contributed by atoms with Crippen molar-refractivity contribution in [2.75, 3.05) is 6.61 Å². The van der Waals surface area contributed by atoms with E-state index in [0.29, 0.717) is 14.5 Å². The second-order valence-electron chi connectivity index (χ2n) is 4.78. The first-order valence-electron chi connectivity index (χ1n) is 6.84. The van der Waals surface area contributed by atoms with Crippen molar-refractivity contribution in [2.45, 2.75) is 0 Å².